The van der Waals surface area contributed by atoms with Gasteiger partial charge in [-0.3, -0.25) is 13.9 Å². The molecule has 0 spiro atoms. The molecule has 1 saturated heterocycles. The summed E-state index contributed by atoms with van der Waals surface area (Å²) in [4.78, 5) is 25.0. The first kappa shape index (κ1) is 26.8. The monoisotopic (exact) mass is 533 g/mol. The van der Waals surface area contributed by atoms with Crippen molar-refractivity contribution in [3.8, 4) is 5.75 Å². The van der Waals surface area contributed by atoms with Gasteiger partial charge in [0.1, 0.15) is 18.5 Å². The number of hydrogen-bond donors (Lipinski definition) is 3. The molecule has 13 nitrogen and oxygen atoms in total. The van der Waals surface area contributed by atoms with E-state index in [4.69, 9.17) is 24.3 Å². The molecule has 200 valence electrons. The zero-order valence-corrected chi connectivity index (χ0v) is 22.1. The number of nitrogens with two attached hydrogens (primary N) is 1. The molecule has 0 aliphatic carbocycles. The average molecular weight is 534 g/mol. The van der Waals surface area contributed by atoms with Gasteiger partial charge in [-0.1, -0.05) is 25.1 Å². The van der Waals surface area contributed by atoms with Crippen molar-refractivity contribution in [1.29, 1.82) is 0 Å². The molecule has 1 aliphatic heterocycles. The number of anilines is 2. The molecule has 14 heteroatoms. The Balaban J connectivity index is 1.46. The normalized spacial score (nSPS) is 21.2. The number of nitrogens with one attached hydrogen (secondary N) is 2. The summed E-state index contributed by atoms with van der Waals surface area (Å²) < 4.78 is 38.1. The van der Waals surface area contributed by atoms with E-state index < -0.39 is 26.0 Å². The standard InChI is InChI=1S/C23H32N7O6P/c1-14(2)34-18(31)11-27-37(32,36-16-8-6-5-7-9-16)33-12-17-10-15(3)22(35-17)30-13-26-19-20(25-4)28-23(24)29-21(19)30/h5-9,13-15,17,22H,10-12H2,1-4H3,(H,27,32)(H3,24,25,28,29). The van der Waals surface area contributed by atoms with Crippen molar-refractivity contribution in [3.05, 3.63) is 36.7 Å². The smallest absolute Gasteiger partial charge is 0.459 e. The average Bonchev–Trinajstić information content (AvgIpc) is 3.44. The third-order valence-electron chi connectivity index (χ3n) is 5.59. The minimum Gasteiger partial charge on any atom is -0.462 e. The van der Waals surface area contributed by atoms with Crippen LogP contribution >= 0.6 is 7.75 Å². The van der Waals surface area contributed by atoms with Gasteiger partial charge in [0.05, 0.1) is 25.1 Å². The van der Waals surface area contributed by atoms with Gasteiger partial charge in [-0.25, -0.2) is 14.6 Å². The Kier molecular flexibility index (Phi) is 8.28. The summed E-state index contributed by atoms with van der Waals surface area (Å²) in [6.45, 7) is 5.10. The molecule has 3 aromatic rings. The molecular formula is C23H32N7O6P. The van der Waals surface area contributed by atoms with Gasteiger partial charge in [0.15, 0.2) is 17.0 Å². The third kappa shape index (κ3) is 6.55. The molecule has 4 N–H and O–H groups in total. The number of nitrogens with zero attached hydrogens (tertiary/aromatic N) is 4. The zero-order valence-electron chi connectivity index (χ0n) is 21.2. The van der Waals surface area contributed by atoms with Crippen molar-refractivity contribution in [3.63, 3.8) is 0 Å². The summed E-state index contributed by atoms with van der Waals surface area (Å²) in [6, 6.07) is 8.57. The zero-order chi connectivity index (χ0) is 26.6. The number of nitrogen functional groups attached to an aromatic ring is 1. The van der Waals surface area contributed by atoms with Crippen LogP contribution in [0.3, 0.4) is 0 Å². The second-order valence-electron chi connectivity index (χ2n) is 8.94. The van der Waals surface area contributed by atoms with Crippen molar-refractivity contribution in [1.82, 2.24) is 24.6 Å². The maximum atomic E-state index is 13.5. The number of carbonyl (C=O) groups excluding carboxylic acids is 1. The molecule has 4 rings (SSSR count). The second kappa shape index (κ2) is 11.4. The van der Waals surface area contributed by atoms with E-state index in [1.54, 1.807) is 62.1 Å². The molecule has 0 bridgehead atoms. The lowest BCUT2D eigenvalue weighted by atomic mass is 10.1. The van der Waals surface area contributed by atoms with Crippen molar-refractivity contribution >= 4 is 36.6 Å². The van der Waals surface area contributed by atoms with Gasteiger partial charge in [-0.2, -0.15) is 9.97 Å². The van der Waals surface area contributed by atoms with Gasteiger partial charge >= 0.3 is 13.7 Å². The summed E-state index contributed by atoms with van der Waals surface area (Å²) in [6.07, 6.45) is 1.14. The van der Waals surface area contributed by atoms with Crippen molar-refractivity contribution < 1.29 is 27.9 Å². The number of ether oxygens (including phenoxy) is 2. The summed E-state index contributed by atoms with van der Waals surface area (Å²) in [7, 11) is -2.21. The van der Waals surface area contributed by atoms with Crippen LogP contribution in [0.4, 0.5) is 11.8 Å². The van der Waals surface area contributed by atoms with E-state index in [-0.39, 0.29) is 31.1 Å². The fourth-order valence-electron chi connectivity index (χ4n) is 4.03. The van der Waals surface area contributed by atoms with Crippen LogP contribution in [0.15, 0.2) is 36.7 Å². The highest BCUT2D eigenvalue weighted by molar-refractivity contribution is 7.52. The topological polar surface area (TPSA) is 165 Å². The summed E-state index contributed by atoms with van der Waals surface area (Å²) in [5.41, 5.74) is 6.99. The fourth-order valence-corrected chi connectivity index (χ4v) is 5.32. The van der Waals surface area contributed by atoms with Crippen molar-refractivity contribution in [2.24, 2.45) is 5.92 Å². The van der Waals surface area contributed by atoms with E-state index >= 15 is 0 Å². The molecule has 37 heavy (non-hydrogen) atoms. The van der Waals surface area contributed by atoms with Crippen LogP contribution in [0.2, 0.25) is 0 Å². The van der Waals surface area contributed by atoms with Gasteiger partial charge in [-0.15, -0.1) is 0 Å². The molecule has 4 unspecified atom stereocenters. The largest absolute Gasteiger partial charge is 0.462 e. The van der Waals surface area contributed by atoms with E-state index in [0.29, 0.717) is 29.2 Å². The Morgan fingerprint density at radius 1 is 1.30 bits per heavy atom. The molecule has 1 fully saturated rings. The molecule has 0 saturated carbocycles. The SMILES string of the molecule is CNc1nc(N)nc2c1ncn2C1OC(COP(=O)(NCC(=O)OC(C)C)Oc2ccccc2)CC1C. The first-order valence-corrected chi connectivity index (χ1v) is 13.5. The lowest BCUT2D eigenvalue weighted by Crippen LogP contribution is -2.28. The van der Waals surface area contributed by atoms with Gasteiger partial charge < -0.3 is 25.0 Å². The summed E-state index contributed by atoms with van der Waals surface area (Å²) in [5, 5.41) is 5.56. The molecule has 2 aromatic heterocycles. The lowest BCUT2D eigenvalue weighted by Gasteiger charge is -2.22. The molecule has 3 heterocycles. The molecule has 0 radical (unpaired) electrons. The Hall–Kier alpha value is -3.25. The van der Waals surface area contributed by atoms with Gasteiger partial charge in [0.2, 0.25) is 5.95 Å². The maximum absolute atomic E-state index is 13.5. The van der Waals surface area contributed by atoms with Crippen LogP contribution in [0.25, 0.3) is 11.2 Å². The predicted molar refractivity (Wildman–Crippen MR) is 137 cm³/mol. The molecule has 4 atom stereocenters. The number of rotatable bonds is 11. The maximum Gasteiger partial charge on any atom is 0.459 e. The molecule has 1 aromatic carbocycles. The third-order valence-corrected chi connectivity index (χ3v) is 7.07. The summed E-state index contributed by atoms with van der Waals surface area (Å²) in [5.74, 6) is 0.453. The Morgan fingerprint density at radius 3 is 2.76 bits per heavy atom. The first-order chi connectivity index (χ1) is 17.7. The highest BCUT2D eigenvalue weighted by atomic mass is 31.2. The number of benzene rings is 1. The number of para-hydroxylation sites is 1. The lowest BCUT2D eigenvalue weighted by molar-refractivity contribution is -0.145. The van der Waals surface area contributed by atoms with Gasteiger partial charge in [0, 0.05) is 13.0 Å². The van der Waals surface area contributed by atoms with Crippen LogP contribution < -0.4 is 20.7 Å². The summed E-state index contributed by atoms with van der Waals surface area (Å²) >= 11 is 0. The highest BCUT2D eigenvalue weighted by Gasteiger charge is 2.37. The predicted octanol–water partition coefficient (Wildman–Crippen LogP) is 3.12. The van der Waals surface area contributed by atoms with Gasteiger partial charge in [-0.05, 0) is 32.4 Å². The molecular weight excluding hydrogens is 501 g/mol. The Bertz CT molecular complexity index is 1270. The minimum atomic E-state index is -3.94. The van der Waals surface area contributed by atoms with Gasteiger partial charge in [0.25, 0.3) is 0 Å². The number of aromatic nitrogens is 4. The Labute approximate surface area is 214 Å². The Morgan fingerprint density at radius 2 is 2.05 bits per heavy atom. The quantitative estimate of drug-likeness (QED) is 0.244. The number of carbonyl (C=O) groups is 1. The van der Waals surface area contributed by atoms with Crippen LogP contribution in [0, 0.1) is 5.92 Å². The number of esters is 1. The van der Waals surface area contributed by atoms with Crippen LogP contribution in [-0.2, 0) is 23.4 Å². The number of fused-ring (bicyclic) bond motifs is 1. The van der Waals surface area contributed by atoms with E-state index in [1.165, 1.54) is 0 Å². The van der Waals surface area contributed by atoms with E-state index in [1.807, 2.05) is 6.92 Å². The van der Waals surface area contributed by atoms with Crippen LogP contribution in [-0.4, -0.2) is 57.9 Å². The molecule has 0 amide bonds. The van der Waals surface area contributed by atoms with Crippen molar-refractivity contribution in [2.45, 2.75) is 45.6 Å². The first-order valence-electron chi connectivity index (χ1n) is 11.9. The minimum absolute atomic E-state index is 0.0390. The number of imidazole rings is 1. The van der Waals surface area contributed by atoms with E-state index in [2.05, 4.69) is 25.4 Å². The fraction of sp³-hybridized carbons (Fsp3) is 0.478. The van der Waals surface area contributed by atoms with E-state index in [9.17, 15) is 9.36 Å². The van der Waals surface area contributed by atoms with Crippen LogP contribution in [0.1, 0.15) is 33.4 Å². The molecule has 1 aliphatic rings. The second-order valence-corrected chi connectivity index (χ2v) is 10.7. The van der Waals surface area contributed by atoms with E-state index in [0.717, 1.165) is 0 Å². The van der Waals surface area contributed by atoms with Crippen LogP contribution in [0.5, 0.6) is 5.75 Å². The van der Waals surface area contributed by atoms with Crippen molar-refractivity contribution in [2.75, 3.05) is 31.2 Å². The highest BCUT2D eigenvalue weighted by Crippen LogP contribution is 2.45. The number of hydrogen-bond acceptors (Lipinski definition) is 11.